The van der Waals surface area contributed by atoms with Crippen LogP contribution in [-0.2, 0) is 15.9 Å². The molecule has 0 aliphatic carbocycles. The van der Waals surface area contributed by atoms with Crippen molar-refractivity contribution in [3.63, 3.8) is 0 Å². The van der Waals surface area contributed by atoms with E-state index in [4.69, 9.17) is 0 Å². The van der Waals surface area contributed by atoms with Crippen molar-refractivity contribution in [3.05, 3.63) is 0 Å². The zero-order valence-electron chi connectivity index (χ0n) is 5.15. The van der Waals surface area contributed by atoms with Gasteiger partial charge < -0.3 is 0 Å². The maximum atomic E-state index is 12.2. The number of nitrogens with zero attached hydrogens (tertiary/aromatic N) is 1. The number of hydrogen-bond acceptors (Lipinski definition) is 1. The summed E-state index contributed by atoms with van der Waals surface area (Å²) in [5, 5.41) is 0. The predicted octanol–water partition coefficient (Wildman–Crippen LogP) is 0.932. The van der Waals surface area contributed by atoms with Crippen LogP contribution in [0.4, 0.5) is 4.39 Å². The molecule has 0 atom stereocenters. The van der Waals surface area contributed by atoms with Crippen molar-refractivity contribution in [2.24, 2.45) is 0 Å². The van der Waals surface area contributed by atoms with Crippen LogP contribution in [0, 0.1) is 0 Å². The van der Waals surface area contributed by atoms with Crippen LogP contribution < -0.4 is 0 Å². The molecule has 1 nitrogen and oxygen atoms in total. The summed E-state index contributed by atoms with van der Waals surface area (Å²) in [6, 6.07) is 0. The first-order valence-corrected chi connectivity index (χ1v) is 3.30. The quantitative estimate of drug-likeness (QED) is 0.548. The minimum atomic E-state index is -0.213. The maximum absolute atomic E-state index is 12.2. The standard InChI is InChI=1S/C5H10FN.Cr/c1-3-7(4-2)5-6;/h3-4H2,1-2H3;. The molecule has 0 radical (unpaired) electrons. The van der Waals surface area contributed by atoms with Gasteiger partial charge in [-0.25, -0.2) is 0 Å². The summed E-state index contributed by atoms with van der Waals surface area (Å²) >= 11 is 2.32. The molecule has 0 saturated carbocycles. The fourth-order valence-corrected chi connectivity index (χ4v) is 0.875. The number of hydrogen-bond donors (Lipinski definition) is 0. The van der Waals surface area contributed by atoms with Crippen LogP contribution in [0.3, 0.4) is 0 Å². The topological polar surface area (TPSA) is 3.24 Å². The number of halogens is 1. The third kappa shape index (κ3) is 2.56. The average molecular weight is 155 g/mol. The van der Waals surface area contributed by atoms with Gasteiger partial charge in [0.15, 0.2) is 0 Å². The second kappa shape index (κ2) is 4.20. The van der Waals surface area contributed by atoms with Gasteiger partial charge in [-0.3, -0.25) is 0 Å². The van der Waals surface area contributed by atoms with E-state index in [1.807, 2.05) is 13.8 Å². The molecule has 48 valence electrons. The summed E-state index contributed by atoms with van der Waals surface area (Å²) < 4.78 is 11.9. The Morgan fingerprint density at radius 2 is 1.88 bits per heavy atom. The molecular formula is C5H10CrFN. The van der Waals surface area contributed by atoms with E-state index in [1.54, 1.807) is 4.90 Å². The van der Waals surface area contributed by atoms with Crippen molar-refractivity contribution in [2.75, 3.05) is 13.1 Å². The van der Waals surface area contributed by atoms with Crippen molar-refractivity contribution in [2.45, 2.75) is 13.8 Å². The molecule has 0 aliphatic heterocycles. The fourth-order valence-electron chi connectivity index (χ4n) is 0.472. The molecule has 0 spiro atoms. The molecule has 0 unspecified atom stereocenters. The first-order chi connectivity index (χ1) is 3.72. The average Bonchev–Trinajstić information content (AvgIpc) is 1.69. The van der Waals surface area contributed by atoms with Gasteiger partial charge in [-0.05, 0) is 0 Å². The van der Waals surface area contributed by atoms with Crippen LogP contribution in [-0.4, -0.2) is 22.7 Å². The Morgan fingerprint density at radius 1 is 1.50 bits per heavy atom. The van der Waals surface area contributed by atoms with E-state index in [-0.39, 0.29) is 4.76 Å². The van der Waals surface area contributed by atoms with E-state index in [0.29, 0.717) is 0 Å². The van der Waals surface area contributed by atoms with Gasteiger partial charge in [0.1, 0.15) is 0 Å². The third-order valence-corrected chi connectivity index (χ3v) is 1.42. The zero-order valence-corrected chi connectivity index (χ0v) is 6.42. The van der Waals surface area contributed by atoms with E-state index in [9.17, 15) is 4.39 Å². The molecule has 0 bridgehead atoms. The summed E-state index contributed by atoms with van der Waals surface area (Å²) in [4.78, 5) is 1.61. The normalized spacial score (nSPS) is 10.0. The van der Waals surface area contributed by atoms with Gasteiger partial charge in [-0.2, -0.15) is 0 Å². The van der Waals surface area contributed by atoms with E-state index >= 15 is 0 Å². The second-order valence-corrected chi connectivity index (χ2v) is 1.95. The van der Waals surface area contributed by atoms with Crippen molar-refractivity contribution >= 4 is 4.76 Å². The number of rotatable bonds is 3. The molecule has 0 heterocycles. The molecule has 0 N–H and O–H groups in total. The Hall–Kier alpha value is 0.292. The van der Waals surface area contributed by atoms with Gasteiger partial charge in [-0.1, -0.05) is 0 Å². The summed E-state index contributed by atoms with van der Waals surface area (Å²) in [6.45, 7) is 5.30. The van der Waals surface area contributed by atoms with Gasteiger partial charge >= 0.3 is 56.8 Å². The van der Waals surface area contributed by atoms with Crippen LogP contribution in [0.5, 0.6) is 0 Å². The van der Waals surface area contributed by atoms with Crippen LogP contribution in [0.1, 0.15) is 13.8 Å². The van der Waals surface area contributed by atoms with Crippen molar-refractivity contribution in [1.82, 2.24) is 4.90 Å². The Morgan fingerprint density at radius 3 is 1.88 bits per heavy atom. The van der Waals surface area contributed by atoms with Gasteiger partial charge in [-0.15, -0.1) is 0 Å². The first-order valence-electron chi connectivity index (χ1n) is 2.66. The van der Waals surface area contributed by atoms with Gasteiger partial charge in [0.2, 0.25) is 0 Å². The third-order valence-electron chi connectivity index (χ3n) is 1.01. The van der Waals surface area contributed by atoms with Crippen LogP contribution in [0.15, 0.2) is 0 Å². The Labute approximate surface area is 57.4 Å². The monoisotopic (exact) mass is 155 g/mol. The van der Waals surface area contributed by atoms with E-state index in [1.165, 1.54) is 0 Å². The summed E-state index contributed by atoms with van der Waals surface area (Å²) in [6.07, 6.45) is 0. The van der Waals surface area contributed by atoms with E-state index in [0.717, 1.165) is 13.1 Å². The van der Waals surface area contributed by atoms with Gasteiger partial charge in [0, 0.05) is 0 Å². The minimum absolute atomic E-state index is 0.213. The molecule has 0 fully saturated rings. The van der Waals surface area contributed by atoms with E-state index < -0.39 is 0 Å². The molecule has 0 aliphatic rings. The zero-order chi connectivity index (χ0) is 6.57. The molecule has 0 amide bonds. The SMILES string of the molecule is CCN(CC)[C](F)=[Cr]. The Bertz CT molecular complexity index is 80.5. The Kier molecular flexibility index (Phi) is 4.35. The molecular weight excluding hydrogens is 145 g/mol. The van der Waals surface area contributed by atoms with Crippen LogP contribution in [0.25, 0.3) is 0 Å². The first kappa shape index (κ1) is 8.29. The molecule has 0 saturated heterocycles. The van der Waals surface area contributed by atoms with E-state index in [2.05, 4.69) is 15.9 Å². The van der Waals surface area contributed by atoms with Crippen molar-refractivity contribution < 1.29 is 20.2 Å². The van der Waals surface area contributed by atoms with Crippen LogP contribution >= 0.6 is 0 Å². The summed E-state index contributed by atoms with van der Waals surface area (Å²) in [5.41, 5.74) is 0. The molecule has 8 heavy (non-hydrogen) atoms. The van der Waals surface area contributed by atoms with Crippen LogP contribution in [0.2, 0.25) is 0 Å². The van der Waals surface area contributed by atoms with Crippen molar-refractivity contribution in [1.29, 1.82) is 0 Å². The van der Waals surface area contributed by atoms with Crippen molar-refractivity contribution in [3.8, 4) is 0 Å². The summed E-state index contributed by atoms with van der Waals surface area (Å²) in [5.74, 6) is 0. The fraction of sp³-hybridized carbons (Fsp3) is 0.800. The molecule has 0 aromatic rings. The van der Waals surface area contributed by atoms with Gasteiger partial charge in [0.25, 0.3) is 0 Å². The molecule has 0 aromatic heterocycles. The predicted molar refractivity (Wildman–Crippen MR) is 29.0 cm³/mol. The summed E-state index contributed by atoms with van der Waals surface area (Å²) in [7, 11) is 0. The molecule has 0 rings (SSSR count). The second-order valence-electron chi connectivity index (χ2n) is 1.43. The Balaban J connectivity index is 3.52. The van der Waals surface area contributed by atoms with Gasteiger partial charge in [0.05, 0.1) is 0 Å². The molecule has 3 heteroatoms. The molecule has 0 aromatic carbocycles.